The molecular weight excluding hydrogens is 414 g/mol. The number of nitrogens with zero attached hydrogens (tertiary/aromatic N) is 1. The van der Waals surface area contributed by atoms with Crippen LogP contribution in [-0.4, -0.2) is 55.2 Å². The Kier molecular flexibility index (Phi) is 7.14. The van der Waals surface area contributed by atoms with Gasteiger partial charge in [0.25, 0.3) is 11.5 Å². The topological polar surface area (TPSA) is 83.7 Å². The minimum atomic E-state index is -0.405. The number of morpholine rings is 1. The molecule has 4 rings (SSSR count). The van der Waals surface area contributed by atoms with E-state index >= 15 is 0 Å². The number of aromatic nitrogens is 1. The van der Waals surface area contributed by atoms with E-state index in [1.54, 1.807) is 12.1 Å². The Balaban J connectivity index is 1.30. The maximum Gasteiger partial charge on any atom is 0.261 e. The third-order valence-corrected chi connectivity index (χ3v) is 5.98. The number of carbonyl (C=O) groups is 1. The first kappa shape index (κ1) is 21.3. The van der Waals surface area contributed by atoms with Crippen molar-refractivity contribution in [3.63, 3.8) is 0 Å². The van der Waals surface area contributed by atoms with Crippen LogP contribution in [0.15, 0.2) is 58.7 Å². The van der Waals surface area contributed by atoms with E-state index < -0.39 is 11.5 Å². The fourth-order valence-corrected chi connectivity index (χ4v) is 4.08. The largest absolute Gasteiger partial charge is 0.492 e. The summed E-state index contributed by atoms with van der Waals surface area (Å²) in [7, 11) is 0. The van der Waals surface area contributed by atoms with Crippen LogP contribution in [0.2, 0.25) is 0 Å². The molecule has 0 saturated carbocycles. The number of pyridine rings is 1. The number of carbonyl (C=O) groups excluding carboxylic acids is 1. The molecular formula is C23H25N3O4S. The van der Waals surface area contributed by atoms with E-state index in [0.29, 0.717) is 18.8 Å². The van der Waals surface area contributed by atoms with Gasteiger partial charge in [0.1, 0.15) is 17.9 Å². The number of thiophene rings is 1. The molecule has 2 aromatic heterocycles. The second kappa shape index (κ2) is 10.4. The highest BCUT2D eigenvalue weighted by Gasteiger charge is 2.12. The first-order valence-corrected chi connectivity index (χ1v) is 11.1. The molecule has 0 aliphatic carbocycles. The van der Waals surface area contributed by atoms with Gasteiger partial charge in [0.05, 0.1) is 23.8 Å². The fourth-order valence-electron chi connectivity index (χ4n) is 3.37. The lowest BCUT2D eigenvalue weighted by molar-refractivity contribution is 0.0322. The molecule has 8 heteroatoms. The number of hydrogen-bond donors (Lipinski definition) is 2. The van der Waals surface area contributed by atoms with E-state index in [0.717, 1.165) is 49.0 Å². The molecule has 0 spiro atoms. The van der Waals surface area contributed by atoms with Gasteiger partial charge < -0.3 is 19.8 Å². The number of benzene rings is 1. The van der Waals surface area contributed by atoms with Crippen molar-refractivity contribution in [1.29, 1.82) is 0 Å². The molecule has 0 radical (unpaired) electrons. The fraction of sp³-hybridized carbons (Fsp3) is 0.304. The number of hydrogen-bond acceptors (Lipinski definition) is 6. The van der Waals surface area contributed by atoms with Crippen LogP contribution < -0.4 is 15.6 Å². The van der Waals surface area contributed by atoms with Gasteiger partial charge in [0.15, 0.2) is 0 Å². The predicted molar refractivity (Wildman–Crippen MR) is 121 cm³/mol. The molecule has 0 unspecified atom stereocenters. The molecule has 1 aliphatic rings. The maximum absolute atomic E-state index is 12.5. The lowest BCUT2D eigenvalue weighted by Gasteiger charge is -2.26. The summed E-state index contributed by atoms with van der Waals surface area (Å²) in [5, 5.41) is 4.75. The quantitative estimate of drug-likeness (QED) is 0.564. The summed E-state index contributed by atoms with van der Waals surface area (Å²) in [5.41, 5.74) is 1.31. The van der Waals surface area contributed by atoms with Crippen molar-refractivity contribution in [2.24, 2.45) is 0 Å². The first-order valence-electron chi connectivity index (χ1n) is 10.3. The van der Waals surface area contributed by atoms with Crippen LogP contribution in [0.1, 0.15) is 15.9 Å². The average Bonchev–Trinajstić information content (AvgIpc) is 3.33. The Morgan fingerprint density at radius 2 is 2.03 bits per heavy atom. The number of rotatable bonds is 8. The van der Waals surface area contributed by atoms with Gasteiger partial charge in [-0.05, 0) is 41.3 Å². The van der Waals surface area contributed by atoms with E-state index in [1.807, 2.05) is 41.8 Å². The summed E-state index contributed by atoms with van der Waals surface area (Å²) in [6.07, 6.45) is 0. The molecule has 3 aromatic rings. The van der Waals surface area contributed by atoms with E-state index in [4.69, 9.17) is 9.47 Å². The van der Waals surface area contributed by atoms with Gasteiger partial charge in [0, 0.05) is 26.2 Å². The van der Waals surface area contributed by atoms with Crippen molar-refractivity contribution in [2.45, 2.75) is 6.54 Å². The number of ether oxygens (including phenoxy) is 2. The number of amides is 1. The highest BCUT2D eigenvalue weighted by Crippen LogP contribution is 2.21. The van der Waals surface area contributed by atoms with Crippen LogP contribution in [0.25, 0.3) is 10.6 Å². The average molecular weight is 440 g/mol. The van der Waals surface area contributed by atoms with E-state index in [9.17, 15) is 9.59 Å². The second-order valence-electron chi connectivity index (χ2n) is 7.22. The van der Waals surface area contributed by atoms with Gasteiger partial charge in [-0.2, -0.15) is 0 Å². The van der Waals surface area contributed by atoms with Crippen LogP contribution >= 0.6 is 11.3 Å². The van der Waals surface area contributed by atoms with Crippen molar-refractivity contribution in [3.8, 4) is 16.3 Å². The Morgan fingerprint density at radius 3 is 2.81 bits per heavy atom. The zero-order valence-corrected chi connectivity index (χ0v) is 18.0. The van der Waals surface area contributed by atoms with E-state index in [2.05, 4.69) is 15.2 Å². The minimum Gasteiger partial charge on any atom is -0.492 e. The number of H-pyrrole nitrogens is 1. The Labute approximate surface area is 184 Å². The van der Waals surface area contributed by atoms with Crippen molar-refractivity contribution >= 4 is 17.2 Å². The summed E-state index contributed by atoms with van der Waals surface area (Å²) in [5.74, 6) is 0.357. The van der Waals surface area contributed by atoms with E-state index in [-0.39, 0.29) is 5.56 Å². The highest BCUT2D eigenvalue weighted by atomic mass is 32.1. The standard InChI is InChI=1S/C23H25N3O4S/c27-22(19-6-7-20(25-23(19)28)21-5-2-14-31-21)24-16-17-3-1-4-18(15-17)30-13-10-26-8-11-29-12-9-26/h1-7,14-15H,8-13,16H2,(H,24,27)(H,25,28). The first-order chi connectivity index (χ1) is 15.2. The molecule has 162 valence electrons. The second-order valence-corrected chi connectivity index (χ2v) is 8.17. The summed E-state index contributed by atoms with van der Waals surface area (Å²) < 4.78 is 11.2. The van der Waals surface area contributed by atoms with Gasteiger partial charge in [-0.3, -0.25) is 14.5 Å². The Bertz CT molecular complexity index is 1060. The molecule has 1 aliphatic heterocycles. The molecule has 2 N–H and O–H groups in total. The van der Waals surface area contributed by atoms with Gasteiger partial charge in [0.2, 0.25) is 0 Å². The van der Waals surface area contributed by atoms with Crippen LogP contribution in [0.3, 0.4) is 0 Å². The van der Waals surface area contributed by atoms with Gasteiger partial charge in [-0.1, -0.05) is 18.2 Å². The minimum absolute atomic E-state index is 0.0956. The van der Waals surface area contributed by atoms with E-state index in [1.165, 1.54) is 11.3 Å². The lowest BCUT2D eigenvalue weighted by Crippen LogP contribution is -2.38. The molecule has 7 nitrogen and oxygen atoms in total. The molecule has 0 bridgehead atoms. The molecule has 0 atom stereocenters. The lowest BCUT2D eigenvalue weighted by atomic mass is 10.2. The third-order valence-electron chi connectivity index (χ3n) is 5.07. The molecule has 31 heavy (non-hydrogen) atoms. The molecule has 1 amide bonds. The van der Waals surface area contributed by atoms with Crippen LogP contribution in [-0.2, 0) is 11.3 Å². The zero-order valence-electron chi connectivity index (χ0n) is 17.1. The van der Waals surface area contributed by atoms with Crippen LogP contribution in [0.5, 0.6) is 5.75 Å². The Hall–Kier alpha value is -2.94. The normalized spacial score (nSPS) is 14.3. The monoisotopic (exact) mass is 439 g/mol. The number of aromatic amines is 1. The SMILES string of the molecule is O=C(NCc1cccc(OCCN2CCOCC2)c1)c1ccc(-c2cccs2)[nH]c1=O. The number of nitrogens with one attached hydrogen (secondary N) is 2. The maximum atomic E-state index is 12.5. The molecule has 1 saturated heterocycles. The summed E-state index contributed by atoms with van der Waals surface area (Å²) >= 11 is 1.53. The van der Waals surface area contributed by atoms with Crippen molar-refractivity contribution < 1.29 is 14.3 Å². The molecule has 1 aromatic carbocycles. The van der Waals surface area contributed by atoms with Crippen molar-refractivity contribution in [1.82, 2.24) is 15.2 Å². The van der Waals surface area contributed by atoms with Crippen molar-refractivity contribution in [2.75, 3.05) is 39.5 Å². The Morgan fingerprint density at radius 1 is 1.16 bits per heavy atom. The van der Waals surface area contributed by atoms with Crippen molar-refractivity contribution in [3.05, 3.63) is 75.4 Å². The van der Waals surface area contributed by atoms with Crippen LogP contribution in [0.4, 0.5) is 0 Å². The molecule has 3 heterocycles. The smallest absolute Gasteiger partial charge is 0.261 e. The summed E-state index contributed by atoms with van der Waals surface area (Å²) in [6, 6.07) is 14.8. The van der Waals surface area contributed by atoms with Gasteiger partial charge in [-0.15, -0.1) is 11.3 Å². The zero-order chi connectivity index (χ0) is 21.5. The molecule has 1 fully saturated rings. The van der Waals surface area contributed by atoms with Gasteiger partial charge in [-0.25, -0.2) is 0 Å². The summed E-state index contributed by atoms with van der Waals surface area (Å²) in [6.45, 7) is 5.18. The van der Waals surface area contributed by atoms with Gasteiger partial charge >= 0.3 is 0 Å². The van der Waals surface area contributed by atoms with Crippen LogP contribution in [0, 0.1) is 0 Å². The predicted octanol–water partition coefficient (Wildman–Crippen LogP) is 2.74. The highest BCUT2D eigenvalue weighted by molar-refractivity contribution is 7.13. The summed E-state index contributed by atoms with van der Waals surface area (Å²) in [4.78, 5) is 30.9. The third kappa shape index (κ3) is 5.81.